The Morgan fingerprint density at radius 3 is 2.10 bits per heavy atom. The molecule has 6 heteroatoms. The first-order valence-electron chi connectivity index (χ1n) is 7.13. The SMILES string of the molecule is CCCC(C)(NC(=O)NCC(CC)(CC)SC)C(=O)O. The van der Waals surface area contributed by atoms with E-state index in [1.165, 1.54) is 0 Å². The van der Waals surface area contributed by atoms with Crippen molar-refractivity contribution in [2.45, 2.75) is 63.7 Å². The Bertz CT molecular complexity index is 324. The van der Waals surface area contributed by atoms with Gasteiger partial charge in [-0.1, -0.05) is 27.2 Å². The van der Waals surface area contributed by atoms with Gasteiger partial charge in [0.05, 0.1) is 0 Å². The number of carboxylic acids is 1. The Morgan fingerprint density at radius 2 is 1.75 bits per heavy atom. The van der Waals surface area contributed by atoms with Crippen LogP contribution in [0.2, 0.25) is 0 Å². The molecule has 0 heterocycles. The van der Waals surface area contributed by atoms with Crippen LogP contribution in [0.25, 0.3) is 0 Å². The molecule has 0 saturated carbocycles. The minimum atomic E-state index is -1.21. The molecule has 1 unspecified atom stereocenters. The predicted molar refractivity (Wildman–Crippen MR) is 84.3 cm³/mol. The number of hydrogen-bond acceptors (Lipinski definition) is 3. The average molecular weight is 304 g/mol. The second-order valence-corrected chi connectivity index (χ2v) is 6.56. The molecule has 0 aromatic heterocycles. The van der Waals surface area contributed by atoms with Gasteiger partial charge in [0, 0.05) is 11.3 Å². The fourth-order valence-electron chi connectivity index (χ4n) is 2.12. The molecule has 0 aromatic carbocycles. The van der Waals surface area contributed by atoms with E-state index >= 15 is 0 Å². The lowest BCUT2D eigenvalue weighted by molar-refractivity contribution is -0.144. The van der Waals surface area contributed by atoms with E-state index in [2.05, 4.69) is 24.5 Å². The number of urea groups is 1. The van der Waals surface area contributed by atoms with Crippen molar-refractivity contribution in [1.82, 2.24) is 10.6 Å². The lowest BCUT2D eigenvalue weighted by atomic mass is 9.96. The summed E-state index contributed by atoms with van der Waals surface area (Å²) in [5.41, 5.74) is -1.21. The van der Waals surface area contributed by atoms with E-state index in [9.17, 15) is 14.7 Å². The molecule has 0 bridgehead atoms. The Kier molecular flexibility index (Phi) is 8.01. The molecule has 118 valence electrons. The zero-order chi connectivity index (χ0) is 15.8. The molecule has 2 amide bonds. The van der Waals surface area contributed by atoms with Gasteiger partial charge < -0.3 is 15.7 Å². The fourth-order valence-corrected chi connectivity index (χ4v) is 2.91. The van der Waals surface area contributed by atoms with Gasteiger partial charge in [-0.3, -0.25) is 0 Å². The fraction of sp³-hybridized carbons (Fsp3) is 0.857. The molecule has 0 fully saturated rings. The summed E-state index contributed by atoms with van der Waals surface area (Å²) in [5, 5.41) is 14.6. The van der Waals surface area contributed by atoms with E-state index in [-0.39, 0.29) is 4.75 Å². The Balaban J connectivity index is 4.59. The highest BCUT2D eigenvalue weighted by atomic mass is 32.2. The highest BCUT2D eigenvalue weighted by Crippen LogP contribution is 2.29. The van der Waals surface area contributed by atoms with Crippen molar-refractivity contribution in [1.29, 1.82) is 0 Å². The standard InChI is InChI=1S/C14H28N2O3S/c1-6-9-13(4,11(17)18)16-12(19)15-10-14(7-2,8-3)20-5/h6-10H2,1-5H3,(H,17,18)(H2,15,16,19). The topological polar surface area (TPSA) is 78.4 Å². The van der Waals surface area contributed by atoms with Gasteiger partial charge >= 0.3 is 12.0 Å². The van der Waals surface area contributed by atoms with Crippen LogP contribution >= 0.6 is 11.8 Å². The number of carbonyl (C=O) groups excluding carboxylic acids is 1. The maximum absolute atomic E-state index is 11.9. The molecule has 0 saturated heterocycles. The number of aliphatic carboxylic acids is 1. The Morgan fingerprint density at radius 1 is 1.20 bits per heavy atom. The lowest BCUT2D eigenvalue weighted by Gasteiger charge is -2.31. The quantitative estimate of drug-likeness (QED) is 0.612. The minimum absolute atomic E-state index is 0.0156. The number of nitrogens with one attached hydrogen (secondary N) is 2. The molecule has 0 aliphatic rings. The van der Waals surface area contributed by atoms with E-state index < -0.39 is 17.5 Å². The molecule has 0 radical (unpaired) electrons. The first-order valence-corrected chi connectivity index (χ1v) is 8.36. The Labute approximate surface area is 126 Å². The second kappa shape index (κ2) is 8.39. The van der Waals surface area contributed by atoms with Gasteiger partial charge in [-0.2, -0.15) is 11.8 Å². The number of rotatable bonds is 9. The van der Waals surface area contributed by atoms with Gasteiger partial charge in [-0.25, -0.2) is 9.59 Å². The normalized spacial score (nSPS) is 14.4. The largest absolute Gasteiger partial charge is 0.480 e. The van der Waals surface area contributed by atoms with Crippen molar-refractivity contribution >= 4 is 23.8 Å². The van der Waals surface area contributed by atoms with E-state index in [1.54, 1.807) is 18.7 Å². The van der Waals surface area contributed by atoms with Gasteiger partial charge in [0.25, 0.3) is 0 Å². The van der Waals surface area contributed by atoms with Gasteiger partial charge in [0.15, 0.2) is 0 Å². The summed E-state index contributed by atoms with van der Waals surface area (Å²) < 4.78 is 0.0156. The van der Waals surface area contributed by atoms with Crippen molar-refractivity contribution < 1.29 is 14.7 Å². The van der Waals surface area contributed by atoms with Gasteiger partial charge in [-0.05, 0) is 32.4 Å². The second-order valence-electron chi connectivity index (χ2n) is 5.29. The van der Waals surface area contributed by atoms with Crippen molar-refractivity contribution in [2.75, 3.05) is 12.8 Å². The first-order chi connectivity index (χ1) is 9.29. The summed E-state index contributed by atoms with van der Waals surface area (Å²) in [7, 11) is 0. The molecule has 0 rings (SSSR count). The smallest absolute Gasteiger partial charge is 0.329 e. The molecule has 0 aromatic rings. The predicted octanol–water partition coefficient (Wildman–Crippen LogP) is 2.85. The van der Waals surface area contributed by atoms with Gasteiger partial charge in [-0.15, -0.1) is 0 Å². The number of thioether (sulfide) groups is 1. The average Bonchev–Trinajstić information content (AvgIpc) is 2.41. The van der Waals surface area contributed by atoms with Crippen LogP contribution in [0.5, 0.6) is 0 Å². The van der Waals surface area contributed by atoms with Crippen molar-refractivity contribution in [3.05, 3.63) is 0 Å². The minimum Gasteiger partial charge on any atom is -0.480 e. The van der Waals surface area contributed by atoms with Crippen LogP contribution in [-0.4, -0.2) is 40.2 Å². The van der Waals surface area contributed by atoms with Crippen LogP contribution in [0.3, 0.4) is 0 Å². The summed E-state index contributed by atoms with van der Waals surface area (Å²) in [4.78, 5) is 23.2. The van der Waals surface area contributed by atoms with E-state index in [4.69, 9.17) is 0 Å². The molecular formula is C14H28N2O3S. The zero-order valence-corrected chi connectivity index (χ0v) is 14.0. The third-order valence-electron chi connectivity index (χ3n) is 3.90. The molecule has 1 atom stereocenters. The molecule has 0 spiro atoms. The maximum atomic E-state index is 11.9. The van der Waals surface area contributed by atoms with Crippen LogP contribution in [0.15, 0.2) is 0 Å². The van der Waals surface area contributed by atoms with Gasteiger partial charge in [0.1, 0.15) is 5.54 Å². The lowest BCUT2D eigenvalue weighted by Crippen LogP contribution is -2.56. The summed E-state index contributed by atoms with van der Waals surface area (Å²) >= 11 is 1.74. The van der Waals surface area contributed by atoms with E-state index in [0.29, 0.717) is 19.4 Å². The number of amides is 2. The highest BCUT2D eigenvalue weighted by Gasteiger charge is 2.34. The zero-order valence-electron chi connectivity index (χ0n) is 13.2. The van der Waals surface area contributed by atoms with E-state index in [0.717, 1.165) is 12.8 Å². The van der Waals surface area contributed by atoms with Crippen molar-refractivity contribution in [3.8, 4) is 0 Å². The molecular weight excluding hydrogens is 276 g/mol. The Hall–Kier alpha value is -0.910. The third kappa shape index (κ3) is 5.23. The van der Waals surface area contributed by atoms with Crippen molar-refractivity contribution in [2.24, 2.45) is 0 Å². The number of hydrogen-bond donors (Lipinski definition) is 3. The summed E-state index contributed by atoms with van der Waals surface area (Å²) in [6.45, 7) is 8.17. The van der Waals surface area contributed by atoms with Crippen LogP contribution in [0.4, 0.5) is 4.79 Å². The van der Waals surface area contributed by atoms with Crippen LogP contribution in [-0.2, 0) is 4.79 Å². The first kappa shape index (κ1) is 19.1. The molecule has 20 heavy (non-hydrogen) atoms. The summed E-state index contributed by atoms with van der Waals surface area (Å²) in [6.07, 6.45) is 5.05. The third-order valence-corrected chi connectivity index (χ3v) is 5.49. The monoisotopic (exact) mass is 304 g/mol. The van der Waals surface area contributed by atoms with Crippen LogP contribution in [0, 0.1) is 0 Å². The molecule has 5 nitrogen and oxygen atoms in total. The van der Waals surface area contributed by atoms with E-state index in [1.807, 2.05) is 13.2 Å². The highest BCUT2D eigenvalue weighted by molar-refractivity contribution is 8.00. The number of carbonyl (C=O) groups is 2. The number of carboxylic acid groups (broad SMARTS) is 1. The molecule has 0 aliphatic heterocycles. The maximum Gasteiger partial charge on any atom is 0.329 e. The summed E-state index contributed by atoms with van der Waals surface area (Å²) in [6, 6.07) is -0.413. The van der Waals surface area contributed by atoms with Gasteiger partial charge in [0.2, 0.25) is 0 Å². The van der Waals surface area contributed by atoms with Crippen LogP contribution < -0.4 is 10.6 Å². The molecule has 0 aliphatic carbocycles. The summed E-state index contributed by atoms with van der Waals surface area (Å²) in [5.74, 6) is -1.00. The van der Waals surface area contributed by atoms with Crippen LogP contribution in [0.1, 0.15) is 53.4 Å². The van der Waals surface area contributed by atoms with Crippen molar-refractivity contribution in [3.63, 3.8) is 0 Å². The molecule has 3 N–H and O–H groups in total.